The summed E-state index contributed by atoms with van der Waals surface area (Å²) in [6, 6.07) is 15.7. The molecule has 1 heterocycles. The van der Waals surface area contributed by atoms with Crippen LogP contribution in [0.3, 0.4) is 0 Å². The Morgan fingerprint density at radius 1 is 1.25 bits per heavy atom. The molecule has 2 aromatic rings. The Balaban J connectivity index is 1.73. The molecule has 0 spiro atoms. The summed E-state index contributed by atoms with van der Waals surface area (Å²) in [7, 11) is 0. The molecular formula is C26H25BrN2O2S. The highest BCUT2D eigenvalue weighted by molar-refractivity contribution is 9.10. The highest BCUT2D eigenvalue weighted by Crippen LogP contribution is 2.41. The molecule has 4 nitrogen and oxygen atoms in total. The zero-order valence-corrected chi connectivity index (χ0v) is 20.4. The van der Waals surface area contributed by atoms with Gasteiger partial charge in [-0.05, 0) is 66.9 Å². The number of ether oxygens (including phenoxy) is 1. The van der Waals surface area contributed by atoms with Crippen molar-refractivity contribution in [1.82, 2.24) is 4.90 Å². The van der Waals surface area contributed by atoms with Gasteiger partial charge in [-0.2, -0.15) is 0 Å². The van der Waals surface area contributed by atoms with Gasteiger partial charge in [0.25, 0.3) is 5.91 Å². The molecule has 0 aromatic heterocycles. The minimum atomic E-state index is 0.00584. The minimum absolute atomic E-state index is 0.00584. The number of rotatable bonds is 5. The minimum Gasteiger partial charge on any atom is -0.480 e. The van der Waals surface area contributed by atoms with Gasteiger partial charge in [0.2, 0.25) is 0 Å². The Bertz CT molecular complexity index is 1090. The molecule has 0 N–H and O–H groups in total. The number of para-hydroxylation sites is 1. The van der Waals surface area contributed by atoms with Crippen LogP contribution in [-0.4, -0.2) is 28.6 Å². The zero-order chi connectivity index (χ0) is 22.5. The summed E-state index contributed by atoms with van der Waals surface area (Å²) in [6.45, 7) is 2.41. The molecule has 1 saturated carbocycles. The van der Waals surface area contributed by atoms with E-state index in [4.69, 9.17) is 16.2 Å². The second-order valence-electron chi connectivity index (χ2n) is 8.02. The predicted octanol–water partition coefficient (Wildman–Crippen LogP) is 6.64. The van der Waals surface area contributed by atoms with Crippen LogP contribution in [0.2, 0.25) is 0 Å². The van der Waals surface area contributed by atoms with Crippen molar-refractivity contribution in [3.8, 4) is 18.1 Å². The first-order valence-electron chi connectivity index (χ1n) is 10.8. The number of nitrogens with zero attached hydrogens (tertiary/aromatic N) is 2. The first-order valence-corrected chi connectivity index (χ1v) is 12.4. The average Bonchev–Trinajstić information content (AvgIpc) is 3.09. The largest absolute Gasteiger partial charge is 0.480 e. The third-order valence-electron chi connectivity index (χ3n) is 5.79. The Hall–Kier alpha value is -2.49. The van der Waals surface area contributed by atoms with Crippen molar-refractivity contribution >= 4 is 50.5 Å². The first-order chi connectivity index (χ1) is 15.6. The molecule has 0 radical (unpaired) electrons. The van der Waals surface area contributed by atoms with E-state index in [0.29, 0.717) is 16.6 Å². The van der Waals surface area contributed by atoms with Gasteiger partial charge in [-0.25, -0.2) is 4.99 Å². The molecule has 0 unspecified atom stereocenters. The Morgan fingerprint density at radius 2 is 2.03 bits per heavy atom. The number of hydrogen-bond acceptors (Lipinski definition) is 4. The number of amides is 1. The third kappa shape index (κ3) is 5.11. The lowest BCUT2D eigenvalue weighted by Gasteiger charge is -2.35. The zero-order valence-electron chi connectivity index (χ0n) is 18.0. The van der Waals surface area contributed by atoms with Gasteiger partial charge in [0, 0.05) is 16.1 Å². The maximum atomic E-state index is 13.6. The van der Waals surface area contributed by atoms with Crippen molar-refractivity contribution < 1.29 is 9.53 Å². The van der Waals surface area contributed by atoms with Gasteiger partial charge in [0.15, 0.2) is 5.17 Å². The lowest BCUT2D eigenvalue weighted by atomic mass is 9.85. The van der Waals surface area contributed by atoms with E-state index in [1.54, 1.807) is 0 Å². The van der Waals surface area contributed by atoms with E-state index < -0.39 is 0 Å². The number of terminal acetylenes is 1. The molecule has 32 heavy (non-hydrogen) atoms. The van der Waals surface area contributed by atoms with E-state index in [1.807, 2.05) is 59.5 Å². The predicted molar refractivity (Wildman–Crippen MR) is 136 cm³/mol. The summed E-state index contributed by atoms with van der Waals surface area (Å²) < 4.78 is 6.61. The van der Waals surface area contributed by atoms with E-state index in [-0.39, 0.29) is 18.6 Å². The van der Waals surface area contributed by atoms with Crippen molar-refractivity contribution in [2.24, 2.45) is 10.9 Å². The normalized spacial score (nSPS) is 23.5. The molecule has 2 fully saturated rings. The highest BCUT2D eigenvalue weighted by atomic mass is 79.9. The topological polar surface area (TPSA) is 41.9 Å². The number of carbonyl (C=O) groups excluding carboxylic acids is 1. The number of thioether (sulfide) groups is 1. The molecule has 2 aromatic carbocycles. The van der Waals surface area contributed by atoms with Gasteiger partial charge in [-0.1, -0.05) is 59.8 Å². The number of halogens is 1. The quantitative estimate of drug-likeness (QED) is 0.335. The molecule has 4 rings (SSSR count). The van der Waals surface area contributed by atoms with Crippen molar-refractivity contribution in [2.75, 3.05) is 6.61 Å². The van der Waals surface area contributed by atoms with Gasteiger partial charge in [0.1, 0.15) is 12.4 Å². The van der Waals surface area contributed by atoms with E-state index in [1.165, 1.54) is 18.2 Å². The van der Waals surface area contributed by atoms with E-state index in [0.717, 1.165) is 40.2 Å². The van der Waals surface area contributed by atoms with Crippen LogP contribution in [-0.2, 0) is 4.79 Å². The summed E-state index contributed by atoms with van der Waals surface area (Å²) >= 11 is 4.94. The summed E-state index contributed by atoms with van der Waals surface area (Å²) in [5, 5.41) is 0.743. The second kappa shape index (κ2) is 10.4. The number of aliphatic imine (C=N–C) groups is 1. The Morgan fingerprint density at radius 3 is 2.78 bits per heavy atom. The summed E-state index contributed by atoms with van der Waals surface area (Å²) in [4.78, 5) is 21.1. The van der Waals surface area contributed by atoms with Crippen molar-refractivity contribution in [2.45, 2.75) is 38.6 Å². The smallest absolute Gasteiger partial charge is 0.267 e. The fourth-order valence-electron chi connectivity index (χ4n) is 4.17. The van der Waals surface area contributed by atoms with Crippen molar-refractivity contribution in [3.63, 3.8) is 0 Å². The third-order valence-corrected chi connectivity index (χ3v) is 7.26. The molecule has 0 bridgehead atoms. The van der Waals surface area contributed by atoms with Crippen LogP contribution in [0.15, 0.2) is 62.9 Å². The second-order valence-corrected chi connectivity index (χ2v) is 9.94. The molecule has 2 atom stereocenters. The molecular weight excluding hydrogens is 484 g/mol. The standard InChI is InChI=1S/C26H25BrN2O2S/c1-3-15-31-23-14-13-20(27)16-19(23)17-24-25(30)29(22-12-8-7-9-18(22)2)26(32-24)28-21-10-5-4-6-11-21/h1,4-6,10-11,13-14,16-18,22H,7-9,12,15H2,2H3/b24-17-,28-26?/t18-,22-/m1/s1. The number of hydrogen-bond donors (Lipinski definition) is 0. The molecule has 2 aliphatic rings. The van der Waals surface area contributed by atoms with Crippen LogP contribution < -0.4 is 4.74 Å². The molecule has 6 heteroatoms. The Kier molecular flexibility index (Phi) is 7.39. The Labute approximate surface area is 202 Å². The molecule has 1 aliphatic carbocycles. The van der Waals surface area contributed by atoms with Crippen LogP contribution in [0.4, 0.5) is 5.69 Å². The SMILES string of the molecule is C#CCOc1ccc(Br)cc1/C=C1\SC(=Nc2ccccc2)N([C@@H]2CCCC[C@H]2C)C1=O. The molecule has 1 aliphatic heterocycles. The maximum Gasteiger partial charge on any atom is 0.267 e. The molecule has 164 valence electrons. The fourth-order valence-corrected chi connectivity index (χ4v) is 5.59. The summed E-state index contributed by atoms with van der Waals surface area (Å²) in [5.41, 5.74) is 1.65. The van der Waals surface area contributed by atoms with E-state index in [9.17, 15) is 4.79 Å². The molecule has 1 saturated heterocycles. The van der Waals surface area contributed by atoms with Crippen LogP contribution in [0.25, 0.3) is 6.08 Å². The van der Waals surface area contributed by atoms with Crippen LogP contribution in [0.1, 0.15) is 38.2 Å². The van der Waals surface area contributed by atoms with Crippen LogP contribution in [0.5, 0.6) is 5.75 Å². The van der Waals surface area contributed by atoms with Gasteiger partial charge in [-0.15, -0.1) is 6.42 Å². The van der Waals surface area contributed by atoms with Gasteiger partial charge in [-0.3, -0.25) is 9.69 Å². The molecule has 1 amide bonds. The summed E-state index contributed by atoms with van der Waals surface area (Å²) in [6.07, 6.45) is 11.7. The first kappa shape index (κ1) is 22.7. The number of carbonyl (C=O) groups is 1. The van der Waals surface area contributed by atoms with Gasteiger partial charge < -0.3 is 4.74 Å². The highest BCUT2D eigenvalue weighted by Gasteiger charge is 2.41. The van der Waals surface area contributed by atoms with Crippen LogP contribution >= 0.6 is 27.7 Å². The lowest BCUT2D eigenvalue weighted by molar-refractivity contribution is -0.124. The average molecular weight is 509 g/mol. The number of amidine groups is 1. The van der Waals surface area contributed by atoms with Crippen molar-refractivity contribution in [3.05, 3.63) is 63.5 Å². The van der Waals surface area contributed by atoms with Crippen molar-refractivity contribution in [1.29, 1.82) is 0 Å². The van der Waals surface area contributed by atoms with Crippen LogP contribution in [0, 0.1) is 18.3 Å². The lowest BCUT2D eigenvalue weighted by Crippen LogP contribution is -2.44. The number of benzene rings is 2. The van der Waals surface area contributed by atoms with E-state index in [2.05, 4.69) is 28.8 Å². The fraction of sp³-hybridized carbons (Fsp3) is 0.308. The maximum absolute atomic E-state index is 13.6. The monoisotopic (exact) mass is 508 g/mol. The van der Waals surface area contributed by atoms with E-state index >= 15 is 0 Å². The van der Waals surface area contributed by atoms with Gasteiger partial charge in [0.05, 0.1) is 10.6 Å². The summed E-state index contributed by atoms with van der Waals surface area (Å²) in [5.74, 6) is 3.59. The van der Waals surface area contributed by atoms with Gasteiger partial charge >= 0.3 is 0 Å².